The number of nitrogens with zero attached hydrogens (tertiary/aromatic N) is 3. The SMILES string of the molecule is O=C([O-])N(CCC1CCN(C[C@H]2CN(C(=O)C3CCCC3)C[C@@H]2c2ccccc2)CC1)Cc1ccccc1. The molecular weight excluding hydrogens is 474 g/mol. The van der Waals surface area contributed by atoms with E-state index in [9.17, 15) is 14.7 Å². The van der Waals surface area contributed by atoms with Crippen LogP contribution >= 0.6 is 0 Å². The number of carboxylic acid groups (broad SMARTS) is 1. The van der Waals surface area contributed by atoms with Gasteiger partial charge in [0, 0.05) is 44.6 Å². The molecule has 2 aromatic rings. The van der Waals surface area contributed by atoms with Gasteiger partial charge in [-0.3, -0.25) is 4.79 Å². The lowest BCUT2D eigenvalue weighted by Gasteiger charge is -2.35. The number of carbonyl (C=O) groups is 2. The Morgan fingerprint density at radius 2 is 1.53 bits per heavy atom. The molecule has 1 saturated carbocycles. The molecule has 0 bridgehead atoms. The summed E-state index contributed by atoms with van der Waals surface area (Å²) in [4.78, 5) is 31.2. The Labute approximate surface area is 227 Å². The number of rotatable bonds is 9. The van der Waals surface area contributed by atoms with Crippen molar-refractivity contribution >= 4 is 12.0 Å². The molecule has 2 atom stereocenters. The molecule has 3 aliphatic rings. The fourth-order valence-electron chi connectivity index (χ4n) is 6.91. The monoisotopic (exact) mass is 516 g/mol. The van der Waals surface area contributed by atoms with E-state index in [-0.39, 0.29) is 5.92 Å². The van der Waals surface area contributed by atoms with Gasteiger partial charge in [0.25, 0.3) is 0 Å². The van der Waals surface area contributed by atoms with Crippen molar-refractivity contribution in [3.05, 3.63) is 71.8 Å². The van der Waals surface area contributed by atoms with E-state index in [4.69, 9.17) is 0 Å². The molecule has 204 valence electrons. The van der Waals surface area contributed by atoms with Gasteiger partial charge in [-0.2, -0.15) is 0 Å². The van der Waals surface area contributed by atoms with Crippen LogP contribution in [0.15, 0.2) is 60.7 Å². The Hall–Kier alpha value is -2.86. The minimum absolute atomic E-state index is 0.239. The van der Waals surface area contributed by atoms with Gasteiger partial charge in [0.1, 0.15) is 6.09 Å². The van der Waals surface area contributed by atoms with E-state index in [1.807, 2.05) is 30.3 Å². The predicted molar refractivity (Wildman–Crippen MR) is 147 cm³/mol. The van der Waals surface area contributed by atoms with Gasteiger partial charge in [-0.1, -0.05) is 73.5 Å². The number of hydrogen-bond donors (Lipinski definition) is 0. The number of hydrogen-bond acceptors (Lipinski definition) is 4. The maximum Gasteiger partial charge on any atom is 0.225 e. The topological polar surface area (TPSA) is 66.9 Å². The second-order valence-electron chi connectivity index (χ2n) is 11.7. The van der Waals surface area contributed by atoms with Gasteiger partial charge < -0.3 is 24.6 Å². The number of piperidine rings is 1. The van der Waals surface area contributed by atoms with Gasteiger partial charge in [0.15, 0.2) is 0 Å². The Kier molecular flexibility index (Phi) is 9.00. The summed E-state index contributed by atoms with van der Waals surface area (Å²) in [7, 11) is 0. The van der Waals surface area contributed by atoms with Crippen molar-refractivity contribution in [2.24, 2.45) is 17.8 Å². The van der Waals surface area contributed by atoms with Gasteiger partial charge in [-0.15, -0.1) is 0 Å². The van der Waals surface area contributed by atoms with Crippen molar-refractivity contribution < 1.29 is 14.7 Å². The van der Waals surface area contributed by atoms with E-state index in [0.29, 0.717) is 36.8 Å². The second-order valence-corrected chi connectivity index (χ2v) is 11.7. The zero-order chi connectivity index (χ0) is 26.3. The Morgan fingerprint density at radius 1 is 0.868 bits per heavy atom. The quantitative estimate of drug-likeness (QED) is 0.497. The summed E-state index contributed by atoms with van der Waals surface area (Å²) in [5.74, 6) is 2.02. The van der Waals surface area contributed by atoms with Crippen LogP contribution in [-0.2, 0) is 11.3 Å². The van der Waals surface area contributed by atoms with Gasteiger partial charge in [0.2, 0.25) is 5.91 Å². The average Bonchev–Trinajstić information content (AvgIpc) is 3.63. The van der Waals surface area contributed by atoms with Gasteiger partial charge in [-0.25, -0.2) is 0 Å². The molecule has 0 unspecified atom stereocenters. The summed E-state index contributed by atoms with van der Waals surface area (Å²) in [6.07, 6.45) is 6.49. The van der Waals surface area contributed by atoms with Crippen molar-refractivity contribution in [1.82, 2.24) is 14.7 Å². The normalized spacial score (nSPS) is 23.1. The van der Waals surface area contributed by atoms with E-state index >= 15 is 0 Å². The molecule has 0 N–H and O–H groups in total. The van der Waals surface area contributed by atoms with Crippen LogP contribution in [0.4, 0.5) is 4.79 Å². The van der Waals surface area contributed by atoms with Crippen LogP contribution in [0, 0.1) is 17.8 Å². The first-order valence-electron chi connectivity index (χ1n) is 14.6. The minimum Gasteiger partial charge on any atom is -0.530 e. The highest BCUT2D eigenvalue weighted by Gasteiger charge is 2.39. The highest BCUT2D eigenvalue weighted by molar-refractivity contribution is 5.79. The van der Waals surface area contributed by atoms with E-state index in [1.165, 1.54) is 23.3 Å². The zero-order valence-electron chi connectivity index (χ0n) is 22.5. The number of carbonyl (C=O) groups excluding carboxylic acids is 2. The maximum absolute atomic E-state index is 13.3. The number of benzene rings is 2. The Balaban J connectivity index is 1.13. The van der Waals surface area contributed by atoms with Crippen molar-refractivity contribution in [2.75, 3.05) is 39.3 Å². The Morgan fingerprint density at radius 3 is 2.18 bits per heavy atom. The first-order valence-corrected chi connectivity index (χ1v) is 14.6. The smallest absolute Gasteiger partial charge is 0.225 e. The summed E-state index contributed by atoms with van der Waals surface area (Å²) in [5, 5.41) is 11.7. The van der Waals surface area contributed by atoms with E-state index < -0.39 is 6.09 Å². The molecule has 0 radical (unpaired) electrons. The largest absolute Gasteiger partial charge is 0.530 e. The number of amides is 2. The summed E-state index contributed by atoms with van der Waals surface area (Å²) >= 11 is 0. The number of likely N-dealkylation sites (tertiary alicyclic amines) is 2. The van der Waals surface area contributed by atoms with Crippen LogP contribution < -0.4 is 5.11 Å². The molecule has 0 aromatic heterocycles. The average molecular weight is 517 g/mol. The summed E-state index contributed by atoms with van der Waals surface area (Å²) in [6, 6.07) is 20.5. The third-order valence-electron chi connectivity index (χ3n) is 9.17. The van der Waals surface area contributed by atoms with Crippen molar-refractivity contribution in [2.45, 2.75) is 57.4 Å². The highest BCUT2D eigenvalue weighted by atomic mass is 16.4. The molecule has 0 spiro atoms. The van der Waals surface area contributed by atoms with Crippen LogP contribution in [0.3, 0.4) is 0 Å². The van der Waals surface area contributed by atoms with E-state index in [0.717, 1.165) is 70.4 Å². The van der Waals surface area contributed by atoms with Crippen molar-refractivity contribution in [1.29, 1.82) is 0 Å². The minimum atomic E-state index is -1.09. The van der Waals surface area contributed by atoms with Crippen LogP contribution in [0.1, 0.15) is 62.0 Å². The van der Waals surface area contributed by atoms with Gasteiger partial charge >= 0.3 is 0 Å². The molecule has 2 aliphatic heterocycles. The van der Waals surface area contributed by atoms with Gasteiger partial charge in [0.05, 0.1) is 0 Å². The molecule has 3 fully saturated rings. The molecule has 2 heterocycles. The Bertz CT molecular complexity index is 1030. The molecule has 38 heavy (non-hydrogen) atoms. The predicted octanol–water partition coefficient (Wildman–Crippen LogP) is 4.37. The van der Waals surface area contributed by atoms with E-state index in [1.54, 1.807) is 0 Å². The standard InChI is InChI=1S/C32H43N3O3/c36-31(28-13-7-8-14-28)35-23-29(30(24-35)27-11-5-2-6-12-27)22-33-18-15-25(16-19-33)17-20-34(32(37)38)21-26-9-3-1-4-10-26/h1-6,9-12,25,28-30H,7-8,13-24H2,(H,37,38)/p-1/t29-,30+/m0/s1. The van der Waals surface area contributed by atoms with Crippen molar-refractivity contribution in [3.8, 4) is 0 Å². The maximum atomic E-state index is 13.3. The highest BCUT2D eigenvalue weighted by Crippen LogP contribution is 2.37. The molecule has 2 amide bonds. The lowest BCUT2D eigenvalue weighted by atomic mass is 9.87. The summed E-state index contributed by atoms with van der Waals surface area (Å²) in [5.41, 5.74) is 2.35. The fraction of sp³-hybridized carbons (Fsp3) is 0.562. The molecule has 6 nitrogen and oxygen atoms in total. The van der Waals surface area contributed by atoms with Crippen LogP contribution in [-0.4, -0.2) is 66.0 Å². The summed E-state index contributed by atoms with van der Waals surface area (Å²) in [6.45, 7) is 5.75. The van der Waals surface area contributed by atoms with Crippen LogP contribution in [0.5, 0.6) is 0 Å². The first-order chi connectivity index (χ1) is 18.6. The van der Waals surface area contributed by atoms with Crippen LogP contribution in [0.2, 0.25) is 0 Å². The van der Waals surface area contributed by atoms with Crippen molar-refractivity contribution in [3.63, 3.8) is 0 Å². The summed E-state index contributed by atoms with van der Waals surface area (Å²) < 4.78 is 0. The molecule has 5 rings (SSSR count). The molecule has 1 aliphatic carbocycles. The van der Waals surface area contributed by atoms with E-state index in [2.05, 4.69) is 40.1 Å². The molecule has 2 aromatic carbocycles. The second kappa shape index (κ2) is 12.8. The third-order valence-corrected chi connectivity index (χ3v) is 9.17. The van der Waals surface area contributed by atoms with Crippen LogP contribution in [0.25, 0.3) is 0 Å². The van der Waals surface area contributed by atoms with Gasteiger partial charge in [-0.05, 0) is 68.2 Å². The fourth-order valence-corrected chi connectivity index (χ4v) is 6.91. The molecule has 2 saturated heterocycles. The lowest BCUT2D eigenvalue weighted by molar-refractivity contribution is -0.266. The first kappa shape index (κ1) is 26.7. The third kappa shape index (κ3) is 6.76. The lowest BCUT2D eigenvalue weighted by Crippen LogP contribution is -2.43. The molecule has 6 heteroatoms. The zero-order valence-corrected chi connectivity index (χ0v) is 22.5. The molecular formula is C32H42N3O3-.